The molecule has 1 aliphatic heterocycles. The van der Waals surface area contributed by atoms with Gasteiger partial charge < -0.3 is 9.64 Å². The van der Waals surface area contributed by atoms with Crippen LogP contribution in [0.5, 0.6) is 5.75 Å². The zero-order valence-electron chi connectivity index (χ0n) is 17.1. The maximum Gasteiger partial charge on any atom is 0.263 e. The fraction of sp³-hybridized carbons (Fsp3) is 0.409. The summed E-state index contributed by atoms with van der Waals surface area (Å²) in [6, 6.07) is 16.1. The van der Waals surface area contributed by atoms with Gasteiger partial charge in [-0.15, -0.1) is 0 Å². The number of para-hydroxylation sites is 1. The lowest BCUT2D eigenvalue weighted by atomic mass is 10.0. The van der Waals surface area contributed by atoms with Gasteiger partial charge in [0.1, 0.15) is 5.75 Å². The van der Waals surface area contributed by atoms with Crippen molar-refractivity contribution in [3.63, 3.8) is 0 Å². The van der Waals surface area contributed by atoms with Gasteiger partial charge in [0.05, 0.1) is 4.90 Å². The van der Waals surface area contributed by atoms with E-state index in [1.165, 1.54) is 4.31 Å². The number of benzene rings is 2. The molecule has 1 fully saturated rings. The smallest absolute Gasteiger partial charge is 0.263 e. The molecule has 1 atom stereocenters. The summed E-state index contributed by atoms with van der Waals surface area (Å²) in [6.45, 7) is 7.17. The number of carbonyl (C=O) groups excluding carboxylic acids is 1. The van der Waals surface area contributed by atoms with Crippen molar-refractivity contribution in [2.75, 3.05) is 26.2 Å². The van der Waals surface area contributed by atoms with Crippen LogP contribution in [0.15, 0.2) is 59.5 Å². The normalized spacial score (nSPS) is 16.6. The summed E-state index contributed by atoms with van der Waals surface area (Å²) in [5.41, 5.74) is 1.06. The maximum absolute atomic E-state index is 12.8. The highest BCUT2D eigenvalue weighted by molar-refractivity contribution is 7.89. The summed E-state index contributed by atoms with van der Waals surface area (Å²) < 4.78 is 32.9. The maximum atomic E-state index is 12.8. The molecule has 7 heteroatoms. The largest absolute Gasteiger partial charge is 0.481 e. The third kappa shape index (κ3) is 4.79. The van der Waals surface area contributed by atoms with E-state index in [1.807, 2.05) is 24.3 Å². The standard InChI is InChI=1S/C22H28N2O4S/c1-17(2)20-11-7-8-12-21(20)28-18(3)22(25)23-13-15-24(16-14-23)29(26,27)19-9-5-4-6-10-19/h4-12,17-18H,13-16H2,1-3H3. The SMILES string of the molecule is CC(Oc1ccccc1C(C)C)C(=O)N1CCN(S(=O)(=O)c2ccccc2)CC1. The van der Waals surface area contributed by atoms with Gasteiger partial charge in [0.15, 0.2) is 6.10 Å². The van der Waals surface area contributed by atoms with Crippen LogP contribution in [0.4, 0.5) is 0 Å². The van der Waals surface area contributed by atoms with Gasteiger partial charge in [-0.05, 0) is 36.6 Å². The van der Waals surface area contributed by atoms with E-state index < -0.39 is 16.1 Å². The minimum Gasteiger partial charge on any atom is -0.481 e. The molecule has 0 spiro atoms. The fourth-order valence-corrected chi connectivity index (χ4v) is 4.90. The fourth-order valence-electron chi connectivity index (χ4n) is 3.45. The number of amides is 1. The molecular weight excluding hydrogens is 388 g/mol. The number of carbonyl (C=O) groups is 1. The molecule has 29 heavy (non-hydrogen) atoms. The van der Waals surface area contributed by atoms with E-state index in [-0.39, 0.29) is 23.9 Å². The first-order chi connectivity index (χ1) is 13.8. The lowest BCUT2D eigenvalue weighted by molar-refractivity contribution is -0.139. The Hall–Kier alpha value is -2.38. The van der Waals surface area contributed by atoms with Crippen LogP contribution in [-0.4, -0.2) is 55.8 Å². The molecule has 2 aromatic carbocycles. The first kappa shape index (κ1) is 21.3. The van der Waals surface area contributed by atoms with Gasteiger partial charge in [-0.3, -0.25) is 4.79 Å². The number of hydrogen-bond donors (Lipinski definition) is 0. The molecule has 0 saturated carbocycles. The Bertz CT molecular complexity index is 936. The Morgan fingerprint density at radius 3 is 2.10 bits per heavy atom. The highest BCUT2D eigenvalue weighted by atomic mass is 32.2. The highest BCUT2D eigenvalue weighted by Crippen LogP contribution is 2.27. The van der Waals surface area contributed by atoms with Gasteiger partial charge in [0.25, 0.3) is 5.91 Å². The molecule has 0 aliphatic carbocycles. The Balaban J connectivity index is 1.62. The van der Waals surface area contributed by atoms with Crippen molar-refractivity contribution in [1.29, 1.82) is 0 Å². The Kier molecular flexibility index (Phi) is 6.59. The molecule has 1 amide bonds. The second-order valence-corrected chi connectivity index (χ2v) is 9.43. The van der Waals surface area contributed by atoms with E-state index in [0.717, 1.165) is 5.56 Å². The molecule has 1 unspecified atom stereocenters. The average Bonchev–Trinajstić information content (AvgIpc) is 2.74. The van der Waals surface area contributed by atoms with Gasteiger partial charge in [-0.2, -0.15) is 4.31 Å². The van der Waals surface area contributed by atoms with Crippen molar-refractivity contribution in [1.82, 2.24) is 9.21 Å². The molecule has 1 saturated heterocycles. The van der Waals surface area contributed by atoms with E-state index in [0.29, 0.717) is 24.8 Å². The molecular formula is C22H28N2O4S. The van der Waals surface area contributed by atoms with E-state index in [2.05, 4.69) is 13.8 Å². The molecule has 156 valence electrons. The van der Waals surface area contributed by atoms with Crippen LogP contribution in [-0.2, 0) is 14.8 Å². The van der Waals surface area contributed by atoms with Crippen LogP contribution in [0.2, 0.25) is 0 Å². The lowest BCUT2D eigenvalue weighted by Gasteiger charge is -2.35. The number of hydrogen-bond acceptors (Lipinski definition) is 4. The summed E-state index contributed by atoms with van der Waals surface area (Å²) in [6.07, 6.45) is -0.632. The summed E-state index contributed by atoms with van der Waals surface area (Å²) in [7, 11) is -3.53. The van der Waals surface area contributed by atoms with Crippen molar-refractivity contribution in [2.24, 2.45) is 0 Å². The first-order valence-corrected chi connectivity index (χ1v) is 11.3. The average molecular weight is 417 g/mol. The lowest BCUT2D eigenvalue weighted by Crippen LogP contribution is -2.53. The molecule has 0 aromatic heterocycles. The predicted molar refractivity (Wildman–Crippen MR) is 112 cm³/mol. The zero-order valence-corrected chi connectivity index (χ0v) is 17.9. The number of ether oxygens (including phenoxy) is 1. The van der Waals surface area contributed by atoms with Crippen LogP contribution < -0.4 is 4.74 Å². The van der Waals surface area contributed by atoms with E-state index >= 15 is 0 Å². The van der Waals surface area contributed by atoms with Crippen molar-refractivity contribution in [3.8, 4) is 5.75 Å². The summed E-state index contributed by atoms with van der Waals surface area (Å²) >= 11 is 0. The van der Waals surface area contributed by atoms with E-state index in [4.69, 9.17) is 4.74 Å². The van der Waals surface area contributed by atoms with Crippen LogP contribution >= 0.6 is 0 Å². The molecule has 0 bridgehead atoms. The molecule has 0 N–H and O–H groups in total. The second-order valence-electron chi connectivity index (χ2n) is 7.50. The topological polar surface area (TPSA) is 66.9 Å². The first-order valence-electron chi connectivity index (χ1n) is 9.90. The van der Waals surface area contributed by atoms with Crippen molar-refractivity contribution in [2.45, 2.75) is 37.7 Å². The van der Waals surface area contributed by atoms with Crippen LogP contribution in [0, 0.1) is 0 Å². The van der Waals surface area contributed by atoms with E-state index in [1.54, 1.807) is 42.2 Å². The van der Waals surface area contributed by atoms with Crippen molar-refractivity contribution >= 4 is 15.9 Å². The Morgan fingerprint density at radius 2 is 1.48 bits per heavy atom. The van der Waals surface area contributed by atoms with Gasteiger partial charge in [-0.1, -0.05) is 50.2 Å². The number of piperazine rings is 1. The number of sulfonamides is 1. The summed E-state index contributed by atoms with van der Waals surface area (Å²) in [4.78, 5) is 14.8. The molecule has 0 radical (unpaired) electrons. The van der Waals surface area contributed by atoms with Crippen LogP contribution in [0.25, 0.3) is 0 Å². The molecule has 3 rings (SSSR count). The monoisotopic (exact) mass is 416 g/mol. The molecule has 1 aliphatic rings. The third-order valence-electron chi connectivity index (χ3n) is 5.12. The molecule has 6 nitrogen and oxygen atoms in total. The Morgan fingerprint density at radius 1 is 0.897 bits per heavy atom. The van der Waals surface area contributed by atoms with Gasteiger partial charge >= 0.3 is 0 Å². The Labute approximate surface area is 173 Å². The van der Waals surface area contributed by atoms with Crippen molar-refractivity contribution in [3.05, 3.63) is 60.2 Å². The predicted octanol–water partition coefficient (Wildman–Crippen LogP) is 3.11. The number of nitrogens with zero attached hydrogens (tertiary/aromatic N) is 2. The summed E-state index contributed by atoms with van der Waals surface area (Å²) in [5, 5.41) is 0. The van der Waals surface area contributed by atoms with Crippen LogP contribution in [0.1, 0.15) is 32.3 Å². The zero-order chi connectivity index (χ0) is 21.0. The van der Waals surface area contributed by atoms with Gasteiger partial charge in [0, 0.05) is 26.2 Å². The quantitative estimate of drug-likeness (QED) is 0.726. The third-order valence-corrected chi connectivity index (χ3v) is 7.04. The van der Waals surface area contributed by atoms with Crippen molar-refractivity contribution < 1.29 is 17.9 Å². The number of rotatable bonds is 6. The van der Waals surface area contributed by atoms with E-state index in [9.17, 15) is 13.2 Å². The van der Waals surface area contributed by atoms with Gasteiger partial charge in [0.2, 0.25) is 10.0 Å². The highest BCUT2D eigenvalue weighted by Gasteiger charge is 2.32. The van der Waals surface area contributed by atoms with Gasteiger partial charge in [-0.25, -0.2) is 8.42 Å². The molecule has 2 aromatic rings. The minimum atomic E-state index is -3.53. The minimum absolute atomic E-state index is 0.125. The molecule has 1 heterocycles. The second kappa shape index (κ2) is 8.97. The summed E-state index contributed by atoms with van der Waals surface area (Å²) in [5.74, 6) is 0.884. The van der Waals surface area contributed by atoms with Crippen LogP contribution in [0.3, 0.4) is 0 Å².